The molecule has 1 aliphatic heterocycles. The predicted octanol–water partition coefficient (Wildman–Crippen LogP) is 0.345. The number of carbonyl (C=O) groups excluding carboxylic acids is 1. The first-order valence-electron chi connectivity index (χ1n) is 5.79. The first-order chi connectivity index (χ1) is 7.15. The monoisotopic (exact) mass is 214 g/mol. The fourth-order valence-corrected chi connectivity index (χ4v) is 2.22. The van der Waals surface area contributed by atoms with E-state index in [2.05, 4.69) is 4.90 Å². The third kappa shape index (κ3) is 3.80. The van der Waals surface area contributed by atoms with Crippen LogP contribution >= 0.6 is 0 Å². The van der Waals surface area contributed by atoms with Crippen molar-refractivity contribution in [1.82, 2.24) is 4.90 Å². The summed E-state index contributed by atoms with van der Waals surface area (Å²) in [5.41, 5.74) is 5.26. The van der Waals surface area contributed by atoms with E-state index in [4.69, 9.17) is 10.8 Å². The standard InChI is InChI=1S/C11H22N2O2/c1-9(11(12)15)8-13-6-3-2-4-10(13)5-7-14/h9-10,14H,2-8H2,1H3,(H2,12,15). The molecule has 15 heavy (non-hydrogen) atoms. The van der Waals surface area contributed by atoms with Crippen molar-refractivity contribution in [3.8, 4) is 0 Å². The number of amides is 1. The molecule has 2 atom stereocenters. The molecule has 0 radical (unpaired) electrons. The van der Waals surface area contributed by atoms with Gasteiger partial charge in [0.05, 0.1) is 0 Å². The Morgan fingerprint density at radius 2 is 2.33 bits per heavy atom. The molecule has 0 saturated carbocycles. The Kier molecular flexibility index (Phi) is 5.05. The highest BCUT2D eigenvalue weighted by Gasteiger charge is 2.24. The normalized spacial score (nSPS) is 25.1. The van der Waals surface area contributed by atoms with Crippen LogP contribution in [0.4, 0.5) is 0 Å². The van der Waals surface area contributed by atoms with Crippen LogP contribution in [-0.2, 0) is 4.79 Å². The van der Waals surface area contributed by atoms with Gasteiger partial charge in [-0.05, 0) is 25.8 Å². The van der Waals surface area contributed by atoms with Crippen molar-refractivity contribution in [2.75, 3.05) is 19.7 Å². The Labute approximate surface area is 91.4 Å². The molecular formula is C11H22N2O2. The highest BCUT2D eigenvalue weighted by atomic mass is 16.3. The molecule has 1 rings (SSSR count). The van der Waals surface area contributed by atoms with Crippen LogP contribution in [0.2, 0.25) is 0 Å². The molecule has 0 aliphatic carbocycles. The van der Waals surface area contributed by atoms with Gasteiger partial charge in [0, 0.05) is 25.1 Å². The number of piperidine rings is 1. The summed E-state index contributed by atoms with van der Waals surface area (Å²) in [6, 6.07) is 0.436. The van der Waals surface area contributed by atoms with E-state index in [1.54, 1.807) is 0 Å². The van der Waals surface area contributed by atoms with Gasteiger partial charge in [0.1, 0.15) is 0 Å². The Morgan fingerprint density at radius 1 is 1.60 bits per heavy atom. The number of likely N-dealkylation sites (tertiary alicyclic amines) is 1. The number of nitrogens with two attached hydrogens (primary N) is 1. The van der Waals surface area contributed by atoms with Crippen LogP contribution in [0.5, 0.6) is 0 Å². The SMILES string of the molecule is CC(CN1CCCCC1CCO)C(N)=O. The summed E-state index contributed by atoms with van der Waals surface area (Å²) in [5, 5.41) is 8.96. The Morgan fingerprint density at radius 3 is 2.93 bits per heavy atom. The molecule has 0 aromatic rings. The van der Waals surface area contributed by atoms with Crippen LogP contribution in [-0.4, -0.2) is 41.7 Å². The molecular weight excluding hydrogens is 192 g/mol. The number of hydrogen-bond donors (Lipinski definition) is 2. The number of primary amides is 1. The molecule has 1 fully saturated rings. The van der Waals surface area contributed by atoms with Gasteiger partial charge in [-0.2, -0.15) is 0 Å². The van der Waals surface area contributed by atoms with Crippen LogP contribution in [0.3, 0.4) is 0 Å². The molecule has 1 heterocycles. The maximum absolute atomic E-state index is 11.0. The molecule has 1 saturated heterocycles. The molecule has 4 heteroatoms. The van der Waals surface area contributed by atoms with E-state index >= 15 is 0 Å². The molecule has 2 unspecified atom stereocenters. The average molecular weight is 214 g/mol. The van der Waals surface area contributed by atoms with E-state index in [9.17, 15) is 4.79 Å². The lowest BCUT2D eigenvalue weighted by Crippen LogP contribution is -2.44. The number of nitrogens with zero attached hydrogens (tertiary/aromatic N) is 1. The third-order valence-electron chi connectivity index (χ3n) is 3.21. The van der Waals surface area contributed by atoms with Crippen molar-refractivity contribution >= 4 is 5.91 Å². The summed E-state index contributed by atoms with van der Waals surface area (Å²) in [4.78, 5) is 13.3. The topological polar surface area (TPSA) is 66.6 Å². The minimum Gasteiger partial charge on any atom is -0.396 e. The number of hydrogen-bond acceptors (Lipinski definition) is 3. The molecule has 0 spiro atoms. The highest BCUT2D eigenvalue weighted by molar-refractivity contribution is 5.76. The van der Waals surface area contributed by atoms with Gasteiger partial charge in [-0.25, -0.2) is 0 Å². The van der Waals surface area contributed by atoms with E-state index in [0.717, 1.165) is 25.9 Å². The van der Waals surface area contributed by atoms with Gasteiger partial charge in [0.25, 0.3) is 0 Å². The van der Waals surface area contributed by atoms with Gasteiger partial charge in [-0.15, -0.1) is 0 Å². The van der Waals surface area contributed by atoms with Gasteiger partial charge >= 0.3 is 0 Å². The minimum atomic E-state index is -0.233. The molecule has 0 aromatic heterocycles. The maximum Gasteiger partial charge on any atom is 0.221 e. The smallest absolute Gasteiger partial charge is 0.221 e. The number of aliphatic hydroxyl groups excluding tert-OH is 1. The number of rotatable bonds is 5. The highest BCUT2D eigenvalue weighted by Crippen LogP contribution is 2.20. The predicted molar refractivity (Wildman–Crippen MR) is 59.3 cm³/mol. The molecule has 1 aliphatic rings. The van der Waals surface area contributed by atoms with Crippen LogP contribution in [0.1, 0.15) is 32.6 Å². The Hall–Kier alpha value is -0.610. The first kappa shape index (κ1) is 12.5. The first-order valence-corrected chi connectivity index (χ1v) is 5.79. The van der Waals surface area contributed by atoms with Crippen LogP contribution in [0, 0.1) is 5.92 Å². The van der Waals surface area contributed by atoms with Gasteiger partial charge in [-0.1, -0.05) is 13.3 Å². The Balaban J connectivity index is 2.45. The summed E-state index contributed by atoms with van der Waals surface area (Å²) in [7, 11) is 0. The van der Waals surface area contributed by atoms with E-state index in [1.165, 1.54) is 12.8 Å². The van der Waals surface area contributed by atoms with Gasteiger partial charge in [0.15, 0.2) is 0 Å². The molecule has 88 valence electrons. The zero-order valence-corrected chi connectivity index (χ0v) is 9.48. The van der Waals surface area contributed by atoms with Crippen LogP contribution < -0.4 is 5.73 Å². The molecule has 1 amide bonds. The Bertz CT molecular complexity index is 207. The summed E-state index contributed by atoms with van der Waals surface area (Å²) >= 11 is 0. The van der Waals surface area contributed by atoms with Crippen LogP contribution in [0.15, 0.2) is 0 Å². The molecule has 3 N–H and O–H groups in total. The number of carbonyl (C=O) groups is 1. The zero-order valence-electron chi connectivity index (χ0n) is 9.48. The fourth-order valence-electron chi connectivity index (χ4n) is 2.22. The summed E-state index contributed by atoms with van der Waals surface area (Å²) in [5.74, 6) is -0.326. The molecule has 0 aromatic carbocycles. The summed E-state index contributed by atoms with van der Waals surface area (Å²) < 4.78 is 0. The number of aliphatic hydroxyl groups is 1. The fraction of sp³-hybridized carbons (Fsp3) is 0.909. The second-order valence-electron chi connectivity index (χ2n) is 4.46. The van der Waals surface area contributed by atoms with E-state index in [-0.39, 0.29) is 18.4 Å². The van der Waals surface area contributed by atoms with Gasteiger partial charge in [-0.3, -0.25) is 9.69 Å². The van der Waals surface area contributed by atoms with E-state index in [0.29, 0.717) is 6.04 Å². The van der Waals surface area contributed by atoms with E-state index in [1.807, 2.05) is 6.92 Å². The van der Waals surface area contributed by atoms with Crippen molar-refractivity contribution in [3.05, 3.63) is 0 Å². The van der Waals surface area contributed by atoms with Crippen LogP contribution in [0.25, 0.3) is 0 Å². The largest absolute Gasteiger partial charge is 0.396 e. The lowest BCUT2D eigenvalue weighted by atomic mass is 9.98. The second kappa shape index (κ2) is 6.08. The van der Waals surface area contributed by atoms with Crippen molar-refractivity contribution in [2.45, 2.75) is 38.6 Å². The van der Waals surface area contributed by atoms with Crippen molar-refractivity contribution in [2.24, 2.45) is 11.7 Å². The van der Waals surface area contributed by atoms with Crippen molar-refractivity contribution in [3.63, 3.8) is 0 Å². The second-order valence-corrected chi connectivity index (χ2v) is 4.46. The maximum atomic E-state index is 11.0. The lowest BCUT2D eigenvalue weighted by Gasteiger charge is -2.36. The summed E-state index contributed by atoms with van der Waals surface area (Å²) in [6.07, 6.45) is 4.36. The third-order valence-corrected chi connectivity index (χ3v) is 3.21. The van der Waals surface area contributed by atoms with Gasteiger partial charge in [0.2, 0.25) is 5.91 Å². The molecule has 4 nitrogen and oxygen atoms in total. The van der Waals surface area contributed by atoms with E-state index < -0.39 is 0 Å². The zero-order chi connectivity index (χ0) is 11.3. The van der Waals surface area contributed by atoms with Crippen molar-refractivity contribution in [1.29, 1.82) is 0 Å². The lowest BCUT2D eigenvalue weighted by molar-refractivity contribution is -0.122. The summed E-state index contributed by atoms with van der Waals surface area (Å²) in [6.45, 7) is 3.86. The minimum absolute atomic E-state index is 0.0932. The average Bonchev–Trinajstić information content (AvgIpc) is 2.21. The van der Waals surface area contributed by atoms with Gasteiger partial charge < -0.3 is 10.8 Å². The molecule has 0 bridgehead atoms. The quantitative estimate of drug-likeness (QED) is 0.693. The van der Waals surface area contributed by atoms with Crippen molar-refractivity contribution < 1.29 is 9.90 Å².